The Hall–Kier alpha value is -4.36. The maximum Gasteiger partial charge on any atom is 0.335 e. The number of carbonyl (C=O) groups is 4. The van der Waals surface area contributed by atoms with Crippen molar-refractivity contribution in [1.29, 1.82) is 0 Å². The van der Waals surface area contributed by atoms with Crippen molar-refractivity contribution in [2.24, 2.45) is 0 Å². The van der Waals surface area contributed by atoms with Crippen molar-refractivity contribution in [3.63, 3.8) is 0 Å². The number of esters is 3. The predicted octanol–water partition coefficient (Wildman–Crippen LogP) is 17.2. The van der Waals surface area contributed by atoms with Crippen LogP contribution >= 0.6 is 0 Å². The summed E-state index contributed by atoms with van der Waals surface area (Å²) in [6.07, 6.45) is 62.2. The molecule has 1 aliphatic heterocycles. The summed E-state index contributed by atoms with van der Waals surface area (Å²) in [5.41, 5.74) is 0. The highest BCUT2D eigenvalue weighted by Crippen LogP contribution is 2.26. The fourth-order valence-corrected chi connectivity index (χ4v) is 9.18. The van der Waals surface area contributed by atoms with Gasteiger partial charge in [-0.3, -0.25) is 14.4 Å². The standard InChI is InChI=1S/C69H114O12/c1-4-7-10-13-16-19-22-25-28-30-31-33-35-37-40-43-46-49-52-55-61(70)77-58-60(79-62(71)56-53-50-47-44-41-38-34-27-24-21-18-15-12-9-6-3)59-78-69-67(65(74)64(73)66(81-69)68(75)76)80-63(72)57-54-51-48-45-42-39-36-32-29-26-23-20-17-14-11-8-5-2/h7,10,16,18-19,21,25-29,31,33-34,37,40,60,64-67,69,73-74H,4-6,8-9,11-15,17,20,22-24,30,32,35-36,38-39,41-59H2,1-3H3,(H,75,76)/b10-7-,19-16-,21-18-,28-25-,29-26-,33-31-,34-27-,40-37-. The smallest absolute Gasteiger partial charge is 0.335 e. The number of hydrogen-bond acceptors (Lipinski definition) is 11. The molecule has 0 aromatic heterocycles. The Labute approximate surface area is 492 Å². The average Bonchev–Trinajstić information content (AvgIpc) is 3.53. The van der Waals surface area contributed by atoms with Gasteiger partial charge in [-0.05, 0) is 122 Å². The van der Waals surface area contributed by atoms with Crippen LogP contribution in [0.15, 0.2) is 97.2 Å². The number of aliphatic hydroxyl groups excluding tert-OH is 2. The summed E-state index contributed by atoms with van der Waals surface area (Å²) in [6.45, 7) is 5.82. The van der Waals surface area contributed by atoms with Gasteiger partial charge in [0, 0.05) is 19.3 Å². The van der Waals surface area contributed by atoms with Crippen molar-refractivity contribution < 1.29 is 58.2 Å². The largest absolute Gasteiger partial charge is 0.479 e. The van der Waals surface area contributed by atoms with Crippen molar-refractivity contribution in [3.8, 4) is 0 Å². The first kappa shape index (κ1) is 74.7. The molecule has 1 aliphatic rings. The molecule has 0 aromatic carbocycles. The van der Waals surface area contributed by atoms with Gasteiger partial charge in [0.2, 0.25) is 0 Å². The number of carboxylic acid groups (broad SMARTS) is 1. The molecule has 6 unspecified atom stereocenters. The lowest BCUT2D eigenvalue weighted by molar-refractivity contribution is -0.301. The van der Waals surface area contributed by atoms with Gasteiger partial charge in [0.25, 0.3) is 0 Å². The van der Waals surface area contributed by atoms with E-state index in [1.807, 2.05) is 0 Å². The summed E-state index contributed by atoms with van der Waals surface area (Å²) in [7, 11) is 0. The molecule has 1 saturated heterocycles. The fourth-order valence-electron chi connectivity index (χ4n) is 9.18. The molecule has 0 saturated carbocycles. The maximum atomic E-state index is 13.2. The van der Waals surface area contributed by atoms with Crippen molar-refractivity contribution in [2.45, 2.75) is 302 Å². The molecule has 1 fully saturated rings. The zero-order valence-electron chi connectivity index (χ0n) is 51.0. The molecule has 1 heterocycles. The lowest BCUT2D eigenvalue weighted by Gasteiger charge is -2.40. The quantitative estimate of drug-likeness (QED) is 0.0228. The summed E-state index contributed by atoms with van der Waals surface area (Å²) < 4.78 is 28.5. The van der Waals surface area contributed by atoms with Gasteiger partial charge >= 0.3 is 23.9 Å². The van der Waals surface area contributed by atoms with E-state index in [1.54, 1.807) is 0 Å². The minimum atomic E-state index is -1.92. The summed E-state index contributed by atoms with van der Waals surface area (Å²) >= 11 is 0. The number of unbranched alkanes of at least 4 members (excludes halogenated alkanes) is 24. The third-order valence-electron chi connectivity index (χ3n) is 14.1. The van der Waals surface area contributed by atoms with E-state index < -0.39 is 67.3 Å². The van der Waals surface area contributed by atoms with Gasteiger partial charge < -0.3 is 39.0 Å². The van der Waals surface area contributed by atoms with Gasteiger partial charge in [-0.25, -0.2) is 4.79 Å². The van der Waals surface area contributed by atoms with Crippen LogP contribution in [-0.2, 0) is 42.9 Å². The third-order valence-corrected chi connectivity index (χ3v) is 14.1. The van der Waals surface area contributed by atoms with Gasteiger partial charge in [-0.1, -0.05) is 221 Å². The molecule has 12 nitrogen and oxygen atoms in total. The molecule has 12 heteroatoms. The Bertz CT molecular complexity index is 1780. The van der Waals surface area contributed by atoms with E-state index in [9.17, 15) is 34.5 Å². The molecule has 81 heavy (non-hydrogen) atoms. The highest BCUT2D eigenvalue weighted by molar-refractivity contribution is 5.74. The second kappa shape index (κ2) is 56.1. The first-order valence-corrected chi connectivity index (χ1v) is 32.2. The number of allylic oxidation sites excluding steroid dienone is 16. The number of hydrogen-bond donors (Lipinski definition) is 3. The lowest BCUT2D eigenvalue weighted by atomic mass is 9.98. The van der Waals surface area contributed by atoms with E-state index in [0.717, 1.165) is 135 Å². The van der Waals surface area contributed by atoms with E-state index in [0.29, 0.717) is 19.3 Å². The molecule has 1 rings (SSSR count). The van der Waals surface area contributed by atoms with Crippen molar-refractivity contribution >= 4 is 23.9 Å². The Kier molecular flexibility index (Phi) is 51.7. The molecule has 6 atom stereocenters. The van der Waals surface area contributed by atoms with Crippen LogP contribution in [0, 0.1) is 0 Å². The SMILES string of the molecule is CC/C=C\C/C=C\C/C=C\C/C=C\C/C=C\CCCCCC(=O)OCC(COC1OC(C(=O)O)C(O)C(O)C1OC(=O)CCCCCCCCC/C=C\CCCCCCCC)OC(=O)CCCCCCC/C=C\C/C=C\CCCCC. The van der Waals surface area contributed by atoms with Crippen LogP contribution in [0.1, 0.15) is 265 Å². The molecule has 0 spiro atoms. The zero-order chi connectivity index (χ0) is 58.9. The number of carbonyl (C=O) groups excluding carboxylic acids is 3. The molecule has 3 N–H and O–H groups in total. The van der Waals surface area contributed by atoms with Gasteiger partial charge in [0.1, 0.15) is 18.8 Å². The fraction of sp³-hybridized carbons (Fsp3) is 0.710. The van der Waals surface area contributed by atoms with Crippen molar-refractivity contribution in [1.82, 2.24) is 0 Å². The number of aliphatic hydroxyl groups is 2. The van der Waals surface area contributed by atoms with Gasteiger partial charge in [0.05, 0.1) is 6.61 Å². The summed E-state index contributed by atoms with van der Waals surface area (Å²) in [5, 5.41) is 31.6. The van der Waals surface area contributed by atoms with Crippen LogP contribution in [0.2, 0.25) is 0 Å². The summed E-state index contributed by atoms with van der Waals surface area (Å²) in [6, 6.07) is 0. The highest BCUT2D eigenvalue weighted by atomic mass is 16.7. The maximum absolute atomic E-state index is 13.2. The normalized spacial score (nSPS) is 18.4. The molecule has 0 aliphatic carbocycles. The van der Waals surface area contributed by atoms with Crippen LogP contribution < -0.4 is 0 Å². The minimum Gasteiger partial charge on any atom is -0.479 e. The van der Waals surface area contributed by atoms with Crippen LogP contribution in [0.3, 0.4) is 0 Å². The zero-order valence-corrected chi connectivity index (χ0v) is 51.0. The molecular formula is C69H114O12. The van der Waals surface area contributed by atoms with Gasteiger partial charge in [0.15, 0.2) is 24.6 Å². The highest BCUT2D eigenvalue weighted by Gasteiger charge is 2.50. The molecule has 0 radical (unpaired) electrons. The molecule has 462 valence electrons. The Morgan fingerprint density at radius 1 is 0.420 bits per heavy atom. The third kappa shape index (κ3) is 45.8. The van der Waals surface area contributed by atoms with Crippen LogP contribution in [0.4, 0.5) is 0 Å². The topological polar surface area (TPSA) is 175 Å². The van der Waals surface area contributed by atoms with E-state index in [-0.39, 0.29) is 25.9 Å². The van der Waals surface area contributed by atoms with Crippen LogP contribution in [0.25, 0.3) is 0 Å². The van der Waals surface area contributed by atoms with E-state index >= 15 is 0 Å². The monoisotopic (exact) mass is 1130 g/mol. The van der Waals surface area contributed by atoms with Crippen LogP contribution in [0.5, 0.6) is 0 Å². The Morgan fingerprint density at radius 3 is 1.23 bits per heavy atom. The van der Waals surface area contributed by atoms with Gasteiger partial charge in [-0.15, -0.1) is 0 Å². The van der Waals surface area contributed by atoms with E-state index in [1.165, 1.54) is 70.6 Å². The van der Waals surface area contributed by atoms with E-state index in [4.69, 9.17) is 23.7 Å². The molecular weight excluding hydrogens is 1020 g/mol. The average molecular weight is 1140 g/mol. The Morgan fingerprint density at radius 2 is 0.778 bits per heavy atom. The van der Waals surface area contributed by atoms with Crippen molar-refractivity contribution in [2.75, 3.05) is 13.2 Å². The number of aliphatic carboxylic acids is 1. The Balaban J connectivity index is 2.70. The second-order valence-corrected chi connectivity index (χ2v) is 21.7. The van der Waals surface area contributed by atoms with Gasteiger partial charge in [-0.2, -0.15) is 0 Å². The second-order valence-electron chi connectivity index (χ2n) is 21.7. The van der Waals surface area contributed by atoms with Crippen LogP contribution in [-0.4, -0.2) is 89.2 Å². The summed E-state index contributed by atoms with van der Waals surface area (Å²) in [5.74, 6) is -3.19. The first-order chi connectivity index (χ1) is 39.6. The minimum absolute atomic E-state index is 0.0472. The molecule has 0 amide bonds. The number of rotatable bonds is 54. The van der Waals surface area contributed by atoms with E-state index in [2.05, 4.69) is 118 Å². The lowest BCUT2D eigenvalue weighted by Crippen LogP contribution is -2.61. The number of carboxylic acids is 1. The number of ether oxygens (including phenoxy) is 5. The molecule has 0 aromatic rings. The molecule has 0 bridgehead atoms. The van der Waals surface area contributed by atoms with Crippen molar-refractivity contribution in [3.05, 3.63) is 97.2 Å². The first-order valence-electron chi connectivity index (χ1n) is 32.2. The predicted molar refractivity (Wildman–Crippen MR) is 331 cm³/mol. The summed E-state index contributed by atoms with van der Waals surface area (Å²) in [4.78, 5) is 51.3.